The number of alkyl halides is 2. The van der Waals surface area contributed by atoms with Crippen molar-refractivity contribution in [1.82, 2.24) is 9.79 Å². The molecule has 1 aliphatic carbocycles. The van der Waals surface area contributed by atoms with Crippen molar-refractivity contribution in [2.45, 2.75) is 87.8 Å². The van der Waals surface area contributed by atoms with Crippen molar-refractivity contribution in [1.29, 1.82) is 0 Å². The lowest BCUT2D eigenvalue weighted by atomic mass is 9.77. The second kappa shape index (κ2) is 10.7. The number of piperidine rings is 1. The average molecular weight is 562 g/mol. The molecule has 0 aromatic heterocycles. The van der Waals surface area contributed by atoms with Crippen LogP contribution in [0.4, 0.5) is 13.2 Å². The number of rotatable bonds is 8. The minimum absolute atomic E-state index is 0.0131. The molecule has 0 unspecified atom stereocenters. The molecule has 39 heavy (non-hydrogen) atoms. The van der Waals surface area contributed by atoms with E-state index in [0.717, 1.165) is 11.9 Å². The zero-order valence-corrected chi connectivity index (χ0v) is 23.4. The van der Waals surface area contributed by atoms with Crippen molar-refractivity contribution < 1.29 is 32.1 Å². The van der Waals surface area contributed by atoms with Gasteiger partial charge in [-0.15, -0.1) is 5.06 Å². The summed E-state index contributed by atoms with van der Waals surface area (Å²) >= 11 is 0.856. The van der Waals surface area contributed by atoms with Crippen LogP contribution in [0.3, 0.4) is 0 Å². The molecule has 1 N–H and O–H groups in total. The highest BCUT2D eigenvalue weighted by atomic mass is 32.2. The van der Waals surface area contributed by atoms with Gasteiger partial charge in [-0.25, -0.2) is 18.0 Å². The number of nitrogens with one attached hydrogen (secondary N) is 1. The monoisotopic (exact) mass is 562 g/mol. The van der Waals surface area contributed by atoms with Gasteiger partial charge in [0.15, 0.2) is 5.00 Å². The second-order valence-electron chi connectivity index (χ2n) is 11.5. The number of hydrogen-bond donors (Lipinski definition) is 1. The van der Waals surface area contributed by atoms with Crippen molar-refractivity contribution >= 4 is 30.5 Å². The summed E-state index contributed by atoms with van der Waals surface area (Å²) < 4.78 is 60.9. The zero-order valence-electron chi connectivity index (χ0n) is 22.6. The summed E-state index contributed by atoms with van der Waals surface area (Å²) in [6.45, 7) is 7.68. The predicted molar refractivity (Wildman–Crippen MR) is 145 cm³/mol. The van der Waals surface area contributed by atoms with E-state index < -0.39 is 53.4 Å². The summed E-state index contributed by atoms with van der Waals surface area (Å²) in [5.41, 5.74) is -0.422. The number of halogens is 3. The summed E-state index contributed by atoms with van der Waals surface area (Å²) in [5.74, 6) is -1.12. The van der Waals surface area contributed by atoms with Crippen LogP contribution in [-0.2, 0) is 20.6 Å². The number of carbonyl (C=O) groups excluding carboxylic acids is 1. The Morgan fingerprint density at radius 1 is 1.10 bits per heavy atom. The third kappa shape index (κ3) is 6.02. The van der Waals surface area contributed by atoms with Gasteiger partial charge in [0.25, 0.3) is 0 Å². The molecule has 11 heteroatoms. The van der Waals surface area contributed by atoms with Gasteiger partial charge < -0.3 is 14.1 Å². The van der Waals surface area contributed by atoms with Crippen molar-refractivity contribution in [2.75, 3.05) is 6.54 Å². The normalized spacial score (nSPS) is 27.4. The molecule has 1 saturated carbocycles. The largest absolute Gasteiger partial charge is 0.497 e. The maximum atomic E-state index is 16.0. The highest BCUT2D eigenvalue weighted by molar-refractivity contribution is 7.98. The molecule has 2 aliphatic heterocycles. The maximum absolute atomic E-state index is 16.0. The zero-order chi connectivity index (χ0) is 28.0. The van der Waals surface area contributed by atoms with Crippen molar-refractivity contribution in [2.24, 2.45) is 0 Å². The molecule has 2 heterocycles. The average Bonchev–Trinajstić information content (AvgIpc) is 3.57. The van der Waals surface area contributed by atoms with Crippen LogP contribution in [0, 0.1) is 5.82 Å². The van der Waals surface area contributed by atoms with Gasteiger partial charge in [-0.3, -0.25) is 4.72 Å². The van der Waals surface area contributed by atoms with Gasteiger partial charge in [-0.2, -0.15) is 0 Å². The molecule has 2 aromatic carbocycles. The van der Waals surface area contributed by atoms with Gasteiger partial charge in [0.05, 0.1) is 28.8 Å². The lowest BCUT2D eigenvalue weighted by molar-refractivity contribution is -0.166. The van der Waals surface area contributed by atoms with Gasteiger partial charge in [-0.1, -0.05) is 36.4 Å². The molecule has 3 fully saturated rings. The Kier molecular flexibility index (Phi) is 7.84. The fourth-order valence-corrected chi connectivity index (χ4v) is 5.71. The van der Waals surface area contributed by atoms with Crippen LogP contribution in [0.2, 0.25) is 0 Å². The van der Waals surface area contributed by atoms with Crippen LogP contribution in [0.15, 0.2) is 48.5 Å². The lowest BCUT2D eigenvalue weighted by Gasteiger charge is -2.41. The van der Waals surface area contributed by atoms with E-state index in [0.29, 0.717) is 24.0 Å². The number of hydrogen-bond acceptors (Lipinski definition) is 7. The quantitative estimate of drug-likeness (QED) is 0.362. The van der Waals surface area contributed by atoms with E-state index in [2.05, 4.69) is 4.72 Å². The molecular weight excluding hydrogens is 528 g/mol. The minimum atomic E-state index is -1.44. The molecule has 3 atom stereocenters. The molecule has 0 amide bonds. The Morgan fingerprint density at radius 2 is 1.77 bits per heavy atom. The third-order valence-corrected chi connectivity index (χ3v) is 9.24. The van der Waals surface area contributed by atoms with Crippen LogP contribution >= 0.6 is 11.9 Å². The summed E-state index contributed by atoms with van der Waals surface area (Å²) in [7, 11) is -0.909. The number of benzene rings is 2. The maximum Gasteiger partial charge on any atom is 0.497 e. The van der Waals surface area contributed by atoms with Crippen LogP contribution in [0.5, 0.6) is 0 Å². The van der Waals surface area contributed by atoms with E-state index >= 15 is 8.78 Å². The summed E-state index contributed by atoms with van der Waals surface area (Å²) in [6.07, 6.45) is -0.482. The van der Waals surface area contributed by atoms with Gasteiger partial charge in [0.1, 0.15) is 12.0 Å². The van der Waals surface area contributed by atoms with Crippen LogP contribution in [0.25, 0.3) is 0 Å². The summed E-state index contributed by atoms with van der Waals surface area (Å²) in [5, 5.41) is -0.0302. The number of hydroxylamine groups is 2. The highest BCUT2D eigenvalue weighted by Gasteiger charge is 2.53. The standard InChI is InChI=1S/C28H34BF3N2O4S/c1-26(2)27(3,4)38-29(37-26)20-12-8-11-19(23(20)31)17-22-24(33-39-28(32)14-15-28)21(30)13-16-34(22)36-25(35)18-9-6-5-7-10-18/h5-12,21-22,24,33H,13-17H2,1-4H3/t21-,22-,24-/m0/s1. The lowest BCUT2D eigenvalue weighted by Crippen LogP contribution is -2.59. The SMILES string of the molecule is CC1(C)OB(c2cccc(C[C@H]3[C@@H](NSC4(F)CC4)[C@@H](F)CCN3OC(=O)c3ccccc3)c2F)OC1(C)C. The first-order valence-corrected chi connectivity index (χ1v) is 14.1. The minimum Gasteiger partial charge on any atom is -0.399 e. The van der Waals surface area contributed by atoms with E-state index in [1.54, 1.807) is 48.5 Å². The van der Waals surface area contributed by atoms with Crippen molar-refractivity contribution in [3.05, 3.63) is 65.5 Å². The Morgan fingerprint density at radius 3 is 2.41 bits per heavy atom. The predicted octanol–water partition coefficient (Wildman–Crippen LogP) is 4.92. The van der Waals surface area contributed by atoms with Gasteiger partial charge >= 0.3 is 13.1 Å². The topological polar surface area (TPSA) is 60.0 Å². The van der Waals surface area contributed by atoms with Gasteiger partial charge in [-0.05, 0) is 83.0 Å². The van der Waals surface area contributed by atoms with E-state index in [1.165, 1.54) is 5.06 Å². The van der Waals surface area contributed by atoms with Crippen LogP contribution in [-0.4, -0.2) is 59.2 Å². The number of carbonyl (C=O) groups is 1. The third-order valence-electron chi connectivity index (χ3n) is 8.07. The second-order valence-corrected chi connectivity index (χ2v) is 12.7. The van der Waals surface area contributed by atoms with Crippen LogP contribution in [0.1, 0.15) is 62.9 Å². The molecule has 3 aliphatic rings. The fraction of sp³-hybridized carbons (Fsp3) is 0.536. The first-order valence-electron chi connectivity index (χ1n) is 13.3. The first-order chi connectivity index (χ1) is 18.4. The molecular formula is C28H34BF3N2O4S. The summed E-state index contributed by atoms with van der Waals surface area (Å²) in [4.78, 5) is 18.6. The first kappa shape index (κ1) is 28.5. The molecule has 210 valence electrons. The molecule has 6 nitrogen and oxygen atoms in total. The van der Waals surface area contributed by atoms with Crippen molar-refractivity contribution in [3.8, 4) is 0 Å². The van der Waals surface area contributed by atoms with E-state index in [1.807, 2.05) is 27.7 Å². The number of nitrogens with zero attached hydrogens (tertiary/aromatic N) is 1. The molecule has 2 saturated heterocycles. The van der Waals surface area contributed by atoms with E-state index in [-0.39, 0.29) is 24.8 Å². The Labute approximate surface area is 232 Å². The highest BCUT2D eigenvalue weighted by Crippen LogP contribution is 2.49. The van der Waals surface area contributed by atoms with Crippen molar-refractivity contribution in [3.63, 3.8) is 0 Å². The van der Waals surface area contributed by atoms with E-state index in [4.69, 9.17) is 14.1 Å². The van der Waals surface area contributed by atoms with Gasteiger partial charge in [0, 0.05) is 12.0 Å². The summed E-state index contributed by atoms with van der Waals surface area (Å²) in [6, 6.07) is 11.7. The molecule has 2 aromatic rings. The van der Waals surface area contributed by atoms with E-state index in [9.17, 15) is 9.18 Å². The Hall–Kier alpha value is -2.05. The Balaban J connectivity index is 1.42. The Bertz CT molecular complexity index is 1180. The van der Waals surface area contributed by atoms with Gasteiger partial charge in [0.2, 0.25) is 0 Å². The molecule has 0 bridgehead atoms. The molecule has 0 spiro atoms. The molecule has 5 rings (SSSR count). The van der Waals surface area contributed by atoms with Crippen LogP contribution < -0.4 is 10.2 Å². The fourth-order valence-electron chi connectivity index (χ4n) is 4.75. The smallest absolute Gasteiger partial charge is 0.399 e. The molecule has 0 radical (unpaired) electrons.